The Kier molecular flexibility index (Phi) is 1.46. The minimum absolute atomic E-state index is 0.233. The Morgan fingerprint density at radius 2 is 2.15 bits per heavy atom. The molecule has 4 nitrogen and oxygen atoms in total. The van der Waals surface area contributed by atoms with Crippen LogP contribution in [0.1, 0.15) is 6.42 Å². The highest BCUT2D eigenvalue weighted by Crippen LogP contribution is 2.39. The van der Waals surface area contributed by atoms with Crippen LogP contribution in [0.5, 0.6) is 0 Å². The first-order chi connectivity index (χ1) is 6.34. The first kappa shape index (κ1) is 7.76. The number of ether oxygens (including phenoxy) is 1. The van der Waals surface area contributed by atoms with Gasteiger partial charge in [0.2, 0.25) is 6.41 Å². The Bertz CT molecular complexity index is 234. The third kappa shape index (κ3) is 0.901. The highest BCUT2D eigenvalue weighted by molar-refractivity contribution is 5.52. The second-order valence-corrected chi connectivity index (χ2v) is 4.37. The summed E-state index contributed by atoms with van der Waals surface area (Å²) in [4.78, 5) is 15.0. The zero-order chi connectivity index (χ0) is 8.89. The minimum atomic E-state index is 0.233. The van der Waals surface area contributed by atoms with E-state index in [2.05, 4.69) is 4.90 Å². The summed E-state index contributed by atoms with van der Waals surface area (Å²) in [6.07, 6.45) is 2.19. The lowest BCUT2D eigenvalue weighted by Crippen LogP contribution is -2.79. The third-order valence-electron chi connectivity index (χ3n) is 3.69. The van der Waals surface area contributed by atoms with Crippen LogP contribution in [0.3, 0.4) is 0 Å². The van der Waals surface area contributed by atoms with Gasteiger partial charge in [0.05, 0.1) is 24.8 Å². The predicted octanol–water partition coefficient (Wildman–Crippen LogP) is -0.698. The van der Waals surface area contributed by atoms with E-state index in [0.717, 1.165) is 39.3 Å². The lowest BCUT2D eigenvalue weighted by Gasteiger charge is -2.63. The molecule has 0 aromatic heterocycles. The second kappa shape index (κ2) is 2.45. The summed E-state index contributed by atoms with van der Waals surface area (Å²) in [5, 5.41) is 0. The average molecular weight is 182 g/mol. The van der Waals surface area contributed by atoms with Crippen molar-refractivity contribution in [3.05, 3.63) is 0 Å². The van der Waals surface area contributed by atoms with Gasteiger partial charge in [-0.15, -0.1) is 0 Å². The van der Waals surface area contributed by atoms with Gasteiger partial charge in [-0.3, -0.25) is 9.69 Å². The molecule has 0 saturated carbocycles. The number of hydrogen-bond donors (Lipinski definition) is 0. The number of rotatable bonds is 2. The van der Waals surface area contributed by atoms with Gasteiger partial charge in [-0.05, 0) is 6.42 Å². The molecular formula is C9H14N2O2. The highest BCUT2D eigenvalue weighted by Gasteiger charge is 2.55. The maximum absolute atomic E-state index is 10.6. The van der Waals surface area contributed by atoms with E-state index in [0.29, 0.717) is 6.04 Å². The van der Waals surface area contributed by atoms with E-state index in [4.69, 9.17) is 4.74 Å². The standard InChI is InChI=1S/C9H14N2O2/c12-7-11-2-1-9(11)5-10(6-9)8-3-13-4-8/h7-8H,1-6H2. The van der Waals surface area contributed by atoms with E-state index in [-0.39, 0.29) is 5.54 Å². The Morgan fingerprint density at radius 1 is 1.38 bits per heavy atom. The number of likely N-dealkylation sites (tertiary alicyclic amines) is 2. The molecule has 1 spiro atoms. The largest absolute Gasteiger partial charge is 0.378 e. The number of carbonyl (C=O) groups is 1. The van der Waals surface area contributed by atoms with E-state index in [1.807, 2.05) is 4.90 Å². The second-order valence-electron chi connectivity index (χ2n) is 4.37. The third-order valence-corrected chi connectivity index (χ3v) is 3.69. The summed E-state index contributed by atoms with van der Waals surface area (Å²) in [6.45, 7) is 4.87. The van der Waals surface area contributed by atoms with Crippen molar-refractivity contribution in [3.8, 4) is 0 Å². The molecule has 4 heteroatoms. The maximum atomic E-state index is 10.6. The lowest BCUT2D eigenvalue weighted by atomic mass is 9.77. The molecule has 0 unspecified atom stereocenters. The van der Waals surface area contributed by atoms with Gasteiger partial charge >= 0.3 is 0 Å². The van der Waals surface area contributed by atoms with Crippen LogP contribution in [0.2, 0.25) is 0 Å². The molecule has 3 rings (SSSR count). The summed E-state index contributed by atoms with van der Waals surface area (Å²) in [5.74, 6) is 0. The Morgan fingerprint density at radius 3 is 2.54 bits per heavy atom. The van der Waals surface area contributed by atoms with Gasteiger partial charge < -0.3 is 9.64 Å². The number of hydrogen-bond acceptors (Lipinski definition) is 3. The van der Waals surface area contributed by atoms with E-state index >= 15 is 0 Å². The fraction of sp³-hybridized carbons (Fsp3) is 0.889. The molecule has 0 radical (unpaired) electrons. The Hall–Kier alpha value is -0.610. The molecule has 0 N–H and O–H groups in total. The molecule has 1 amide bonds. The van der Waals surface area contributed by atoms with Crippen molar-refractivity contribution in [1.82, 2.24) is 9.80 Å². The van der Waals surface area contributed by atoms with Crippen LogP contribution in [0.15, 0.2) is 0 Å². The summed E-state index contributed by atoms with van der Waals surface area (Å²) in [6, 6.07) is 0.639. The molecule has 3 fully saturated rings. The zero-order valence-electron chi connectivity index (χ0n) is 7.61. The zero-order valence-corrected chi connectivity index (χ0v) is 7.61. The van der Waals surface area contributed by atoms with Crippen molar-refractivity contribution in [2.75, 3.05) is 32.8 Å². The van der Waals surface area contributed by atoms with E-state index in [1.165, 1.54) is 6.42 Å². The van der Waals surface area contributed by atoms with Crippen LogP contribution >= 0.6 is 0 Å². The highest BCUT2D eigenvalue weighted by atomic mass is 16.5. The molecule has 13 heavy (non-hydrogen) atoms. The molecule has 3 saturated heterocycles. The van der Waals surface area contributed by atoms with Gasteiger partial charge in [-0.25, -0.2) is 0 Å². The lowest BCUT2D eigenvalue weighted by molar-refractivity contribution is -0.179. The summed E-state index contributed by atoms with van der Waals surface area (Å²) in [5.41, 5.74) is 0.233. The molecule has 72 valence electrons. The Balaban J connectivity index is 1.58. The molecule has 3 heterocycles. The quantitative estimate of drug-likeness (QED) is 0.529. The fourth-order valence-electron chi connectivity index (χ4n) is 2.46. The van der Waals surface area contributed by atoms with E-state index < -0.39 is 0 Å². The van der Waals surface area contributed by atoms with Crippen molar-refractivity contribution in [2.45, 2.75) is 18.0 Å². The molecule has 3 aliphatic heterocycles. The first-order valence-electron chi connectivity index (χ1n) is 4.88. The average Bonchev–Trinajstić information content (AvgIpc) is 1.89. The van der Waals surface area contributed by atoms with Gasteiger partial charge in [0, 0.05) is 19.6 Å². The van der Waals surface area contributed by atoms with Crippen LogP contribution in [0.25, 0.3) is 0 Å². The van der Waals surface area contributed by atoms with Crippen molar-refractivity contribution >= 4 is 6.41 Å². The SMILES string of the molecule is O=CN1CCC12CN(C1COC1)C2. The molecule has 3 aliphatic rings. The summed E-state index contributed by atoms with van der Waals surface area (Å²) >= 11 is 0. The molecule has 0 atom stereocenters. The molecule has 0 aromatic rings. The van der Waals surface area contributed by atoms with Crippen molar-refractivity contribution in [1.29, 1.82) is 0 Å². The summed E-state index contributed by atoms with van der Waals surface area (Å²) in [7, 11) is 0. The van der Waals surface area contributed by atoms with Crippen molar-refractivity contribution in [2.24, 2.45) is 0 Å². The van der Waals surface area contributed by atoms with Crippen LogP contribution in [-0.4, -0.2) is 60.6 Å². The monoisotopic (exact) mass is 182 g/mol. The van der Waals surface area contributed by atoms with Gasteiger partial charge in [0.1, 0.15) is 0 Å². The van der Waals surface area contributed by atoms with Gasteiger partial charge in [0.15, 0.2) is 0 Å². The number of amides is 1. The molecule has 0 bridgehead atoms. The van der Waals surface area contributed by atoms with Crippen molar-refractivity contribution < 1.29 is 9.53 Å². The predicted molar refractivity (Wildman–Crippen MR) is 46.3 cm³/mol. The number of nitrogens with zero attached hydrogens (tertiary/aromatic N) is 2. The molecular weight excluding hydrogens is 168 g/mol. The topological polar surface area (TPSA) is 32.8 Å². The van der Waals surface area contributed by atoms with E-state index in [1.54, 1.807) is 0 Å². The van der Waals surface area contributed by atoms with Crippen LogP contribution in [0.4, 0.5) is 0 Å². The smallest absolute Gasteiger partial charge is 0.210 e. The first-order valence-corrected chi connectivity index (χ1v) is 4.88. The summed E-state index contributed by atoms with van der Waals surface area (Å²) < 4.78 is 5.14. The normalized spacial score (nSPS) is 32.2. The van der Waals surface area contributed by atoms with Crippen LogP contribution < -0.4 is 0 Å². The van der Waals surface area contributed by atoms with Gasteiger partial charge in [-0.2, -0.15) is 0 Å². The molecule has 0 aromatic carbocycles. The fourth-order valence-corrected chi connectivity index (χ4v) is 2.46. The maximum Gasteiger partial charge on any atom is 0.210 e. The van der Waals surface area contributed by atoms with Crippen LogP contribution in [0, 0.1) is 0 Å². The number of carbonyl (C=O) groups excluding carboxylic acids is 1. The minimum Gasteiger partial charge on any atom is -0.378 e. The van der Waals surface area contributed by atoms with Crippen molar-refractivity contribution in [3.63, 3.8) is 0 Å². The van der Waals surface area contributed by atoms with Crippen LogP contribution in [-0.2, 0) is 9.53 Å². The van der Waals surface area contributed by atoms with E-state index in [9.17, 15) is 4.79 Å². The Labute approximate surface area is 77.4 Å². The van der Waals surface area contributed by atoms with Gasteiger partial charge in [0.25, 0.3) is 0 Å². The molecule has 0 aliphatic carbocycles. The van der Waals surface area contributed by atoms with Gasteiger partial charge in [-0.1, -0.05) is 0 Å².